The highest BCUT2D eigenvalue weighted by Gasteiger charge is 2.26. The van der Waals surface area contributed by atoms with Crippen molar-refractivity contribution in [1.29, 1.82) is 0 Å². The van der Waals surface area contributed by atoms with Gasteiger partial charge in [0.05, 0.1) is 23.8 Å². The second kappa shape index (κ2) is 12.1. The van der Waals surface area contributed by atoms with Crippen molar-refractivity contribution in [2.24, 2.45) is 5.10 Å². The third-order valence-electron chi connectivity index (χ3n) is 5.76. The van der Waals surface area contributed by atoms with Crippen LogP contribution in [0.25, 0.3) is 17.1 Å². The number of benzene rings is 3. The number of nitro groups is 1. The molecule has 0 spiro atoms. The standard InChI is InChI=1S/C26H18ClN9O7/c1-41-20-11-14(5-10-19(20)42-26(38)15-6-8-17(27)9-7-15)13-29-31-25(37)21-22(16-3-2-4-18(12-16)36(39)40)35(34-30-21)24-23(28)32-43-33-24/h2-13H,1H3,(H2,28,32)(H,31,37). The van der Waals surface area contributed by atoms with Crippen molar-refractivity contribution in [3.8, 4) is 28.6 Å². The molecule has 0 aliphatic rings. The summed E-state index contributed by atoms with van der Waals surface area (Å²) in [6, 6.07) is 16.3. The van der Waals surface area contributed by atoms with Gasteiger partial charge in [-0.05, 0) is 58.3 Å². The van der Waals surface area contributed by atoms with E-state index in [0.29, 0.717) is 16.1 Å². The Bertz CT molecular complexity index is 1870. The molecule has 0 aliphatic carbocycles. The zero-order valence-corrected chi connectivity index (χ0v) is 22.6. The number of nitro benzene ring substituents is 1. The molecule has 0 fully saturated rings. The van der Waals surface area contributed by atoms with Crippen LogP contribution in [0.1, 0.15) is 26.4 Å². The first-order valence-corrected chi connectivity index (χ1v) is 12.4. The third-order valence-corrected chi connectivity index (χ3v) is 6.01. The lowest BCUT2D eigenvalue weighted by Crippen LogP contribution is -2.19. The summed E-state index contributed by atoms with van der Waals surface area (Å²) in [6.07, 6.45) is 1.31. The molecule has 216 valence electrons. The monoisotopic (exact) mass is 603 g/mol. The molecule has 2 aromatic heterocycles. The highest BCUT2D eigenvalue weighted by atomic mass is 35.5. The number of aromatic nitrogens is 5. The van der Waals surface area contributed by atoms with Gasteiger partial charge in [-0.15, -0.1) is 5.10 Å². The van der Waals surface area contributed by atoms with E-state index in [9.17, 15) is 19.7 Å². The van der Waals surface area contributed by atoms with E-state index in [2.05, 4.69) is 35.8 Å². The first-order chi connectivity index (χ1) is 20.7. The van der Waals surface area contributed by atoms with Gasteiger partial charge in [-0.25, -0.2) is 14.8 Å². The van der Waals surface area contributed by atoms with Crippen molar-refractivity contribution in [3.63, 3.8) is 0 Å². The lowest BCUT2D eigenvalue weighted by molar-refractivity contribution is -0.384. The average Bonchev–Trinajstić information content (AvgIpc) is 3.64. The molecule has 1 amide bonds. The largest absolute Gasteiger partial charge is 0.493 e. The predicted molar refractivity (Wildman–Crippen MR) is 150 cm³/mol. The Morgan fingerprint density at radius 3 is 2.60 bits per heavy atom. The van der Waals surface area contributed by atoms with Gasteiger partial charge in [-0.2, -0.15) is 9.78 Å². The summed E-state index contributed by atoms with van der Waals surface area (Å²) in [5, 5.41) is 30.8. The van der Waals surface area contributed by atoms with Crippen LogP contribution in [0.5, 0.6) is 11.5 Å². The number of rotatable bonds is 9. The number of nitrogens with zero attached hydrogens (tertiary/aromatic N) is 7. The number of anilines is 1. The van der Waals surface area contributed by atoms with Gasteiger partial charge in [0.1, 0.15) is 5.69 Å². The Morgan fingerprint density at radius 2 is 1.91 bits per heavy atom. The van der Waals surface area contributed by atoms with E-state index < -0.39 is 16.8 Å². The van der Waals surface area contributed by atoms with Crippen molar-refractivity contribution >= 4 is 41.2 Å². The zero-order chi connectivity index (χ0) is 30.5. The summed E-state index contributed by atoms with van der Waals surface area (Å²) < 4.78 is 16.5. The van der Waals surface area contributed by atoms with Crippen molar-refractivity contribution in [3.05, 3.63) is 98.7 Å². The fourth-order valence-electron chi connectivity index (χ4n) is 3.76. The number of hydrogen-bond acceptors (Lipinski definition) is 13. The van der Waals surface area contributed by atoms with E-state index in [4.69, 9.17) is 26.8 Å². The number of nitrogens with two attached hydrogens (primary N) is 1. The lowest BCUT2D eigenvalue weighted by Gasteiger charge is -2.10. The number of hydrogen-bond donors (Lipinski definition) is 2. The van der Waals surface area contributed by atoms with Crippen LogP contribution < -0.4 is 20.6 Å². The maximum Gasteiger partial charge on any atom is 0.343 e. The van der Waals surface area contributed by atoms with Gasteiger partial charge in [-0.3, -0.25) is 14.9 Å². The lowest BCUT2D eigenvalue weighted by atomic mass is 10.1. The van der Waals surface area contributed by atoms with Crippen LogP contribution in [0.15, 0.2) is 76.5 Å². The van der Waals surface area contributed by atoms with E-state index in [1.54, 1.807) is 18.2 Å². The average molecular weight is 604 g/mol. The molecule has 3 aromatic carbocycles. The molecular formula is C26H18ClN9O7. The molecule has 3 N–H and O–H groups in total. The second-order valence-electron chi connectivity index (χ2n) is 8.48. The molecule has 5 rings (SSSR count). The van der Waals surface area contributed by atoms with Gasteiger partial charge in [0, 0.05) is 22.7 Å². The topological polar surface area (TPSA) is 216 Å². The Kier molecular flexibility index (Phi) is 8.02. The molecule has 0 saturated carbocycles. The number of carbonyl (C=O) groups excluding carboxylic acids is 2. The van der Waals surface area contributed by atoms with Crippen LogP contribution in [0, 0.1) is 10.1 Å². The van der Waals surface area contributed by atoms with E-state index in [0.717, 1.165) is 4.68 Å². The number of esters is 1. The van der Waals surface area contributed by atoms with E-state index in [-0.39, 0.29) is 45.8 Å². The first-order valence-electron chi connectivity index (χ1n) is 12.0. The normalized spacial score (nSPS) is 10.9. The van der Waals surface area contributed by atoms with Gasteiger partial charge >= 0.3 is 5.97 Å². The number of hydrazone groups is 1. The molecule has 0 aliphatic heterocycles. The highest BCUT2D eigenvalue weighted by Crippen LogP contribution is 2.30. The van der Waals surface area contributed by atoms with Crippen molar-refractivity contribution in [1.82, 2.24) is 30.7 Å². The number of non-ortho nitro benzene ring substituents is 1. The minimum absolute atomic E-state index is 0.0207. The summed E-state index contributed by atoms with van der Waals surface area (Å²) in [6.45, 7) is 0. The molecule has 0 atom stereocenters. The molecule has 16 nitrogen and oxygen atoms in total. The quantitative estimate of drug-likeness (QED) is 0.0814. The van der Waals surface area contributed by atoms with Crippen LogP contribution in [0.4, 0.5) is 11.5 Å². The Morgan fingerprint density at radius 1 is 1.12 bits per heavy atom. The summed E-state index contributed by atoms with van der Waals surface area (Å²) in [5.41, 5.74) is 8.64. The highest BCUT2D eigenvalue weighted by molar-refractivity contribution is 6.30. The smallest absolute Gasteiger partial charge is 0.343 e. The Balaban J connectivity index is 1.37. The summed E-state index contributed by atoms with van der Waals surface area (Å²) in [5.74, 6) is -1.27. The fraction of sp³-hybridized carbons (Fsp3) is 0.0385. The van der Waals surface area contributed by atoms with E-state index in [1.807, 2.05) is 0 Å². The molecule has 5 aromatic rings. The molecule has 0 unspecified atom stereocenters. The number of methoxy groups -OCH3 is 1. The molecular weight excluding hydrogens is 586 g/mol. The molecule has 0 saturated heterocycles. The first kappa shape index (κ1) is 28.4. The van der Waals surface area contributed by atoms with E-state index in [1.165, 1.54) is 61.9 Å². The van der Waals surface area contributed by atoms with Crippen LogP contribution >= 0.6 is 11.6 Å². The minimum atomic E-state index is -0.806. The maximum atomic E-state index is 13.1. The zero-order valence-electron chi connectivity index (χ0n) is 21.9. The molecule has 2 heterocycles. The number of ether oxygens (including phenoxy) is 2. The second-order valence-corrected chi connectivity index (χ2v) is 8.92. The molecule has 43 heavy (non-hydrogen) atoms. The van der Waals surface area contributed by atoms with Crippen LogP contribution in [0.3, 0.4) is 0 Å². The van der Waals surface area contributed by atoms with Crippen LogP contribution in [-0.2, 0) is 0 Å². The van der Waals surface area contributed by atoms with Gasteiger partial charge in [0.15, 0.2) is 17.2 Å². The molecule has 17 heteroatoms. The number of amides is 1. The summed E-state index contributed by atoms with van der Waals surface area (Å²) in [4.78, 5) is 36.4. The summed E-state index contributed by atoms with van der Waals surface area (Å²) >= 11 is 5.86. The van der Waals surface area contributed by atoms with Crippen molar-refractivity contribution in [2.45, 2.75) is 0 Å². The predicted octanol–water partition coefficient (Wildman–Crippen LogP) is 3.45. The fourth-order valence-corrected chi connectivity index (χ4v) is 3.88. The summed E-state index contributed by atoms with van der Waals surface area (Å²) in [7, 11) is 1.40. The van der Waals surface area contributed by atoms with Gasteiger partial charge in [-0.1, -0.05) is 28.9 Å². The SMILES string of the molecule is COc1cc(C=NNC(=O)c2nnn(-c3nonc3N)c2-c2cccc([N+](=O)[O-])c2)ccc1OC(=O)c1ccc(Cl)cc1. The van der Waals surface area contributed by atoms with Gasteiger partial charge in [0.2, 0.25) is 11.6 Å². The van der Waals surface area contributed by atoms with Crippen LogP contribution in [-0.4, -0.2) is 55.4 Å². The number of halogens is 1. The molecule has 0 bridgehead atoms. The van der Waals surface area contributed by atoms with Gasteiger partial charge in [0.25, 0.3) is 11.6 Å². The minimum Gasteiger partial charge on any atom is -0.493 e. The Labute approximate surface area is 245 Å². The van der Waals surface area contributed by atoms with Crippen molar-refractivity contribution in [2.75, 3.05) is 12.8 Å². The van der Waals surface area contributed by atoms with Crippen molar-refractivity contribution < 1.29 is 28.6 Å². The third kappa shape index (κ3) is 6.13. The maximum absolute atomic E-state index is 13.1. The molecule has 0 radical (unpaired) electrons. The van der Waals surface area contributed by atoms with E-state index >= 15 is 0 Å². The Hall–Kier alpha value is -6.16. The number of nitrogens with one attached hydrogen (secondary N) is 1. The number of nitrogen functional groups attached to an aromatic ring is 1. The van der Waals surface area contributed by atoms with Gasteiger partial charge < -0.3 is 15.2 Å². The number of carbonyl (C=O) groups is 2. The van der Waals surface area contributed by atoms with Crippen LogP contribution in [0.2, 0.25) is 5.02 Å².